The summed E-state index contributed by atoms with van der Waals surface area (Å²) in [4.78, 5) is 0. The van der Waals surface area contributed by atoms with Gasteiger partial charge in [-0.15, -0.1) is 0 Å². The summed E-state index contributed by atoms with van der Waals surface area (Å²) in [6, 6.07) is 0. The lowest BCUT2D eigenvalue weighted by molar-refractivity contribution is -0.136. The van der Waals surface area contributed by atoms with Gasteiger partial charge in [0.15, 0.2) is 0 Å². The van der Waals surface area contributed by atoms with E-state index in [0.717, 1.165) is 17.8 Å². The van der Waals surface area contributed by atoms with Gasteiger partial charge >= 0.3 is 0 Å². The van der Waals surface area contributed by atoms with Crippen LogP contribution in [0.4, 0.5) is 0 Å². The number of hydrogen-bond acceptors (Lipinski definition) is 1. The van der Waals surface area contributed by atoms with E-state index in [2.05, 4.69) is 27.7 Å². The van der Waals surface area contributed by atoms with Crippen LogP contribution in [0.1, 0.15) is 66.2 Å². The van der Waals surface area contributed by atoms with E-state index in [4.69, 9.17) is 4.74 Å². The molecule has 1 heteroatoms. The molecular formula is C16H28O. The summed E-state index contributed by atoms with van der Waals surface area (Å²) in [5.74, 6) is 2.71. The highest BCUT2D eigenvalue weighted by atomic mass is 16.5. The van der Waals surface area contributed by atoms with Gasteiger partial charge in [-0.3, -0.25) is 0 Å². The first kappa shape index (κ1) is 12.0. The molecular weight excluding hydrogens is 208 g/mol. The van der Waals surface area contributed by atoms with Gasteiger partial charge in [0.1, 0.15) is 0 Å². The Labute approximate surface area is 106 Å². The predicted octanol–water partition coefficient (Wildman–Crippen LogP) is 4.41. The van der Waals surface area contributed by atoms with Gasteiger partial charge in [0, 0.05) is 0 Å². The molecule has 1 heterocycles. The highest BCUT2D eigenvalue weighted by molar-refractivity contribution is 5.08. The van der Waals surface area contributed by atoms with Crippen molar-refractivity contribution < 1.29 is 4.74 Å². The molecule has 3 aliphatic rings. The third-order valence-corrected chi connectivity index (χ3v) is 6.43. The van der Waals surface area contributed by atoms with E-state index in [1.54, 1.807) is 0 Å². The van der Waals surface area contributed by atoms with Crippen molar-refractivity contribution in [3.8, 4) is 0 Å². The lowest BCUT2D eigenvalue weighted by Gasteiger charge is -2.57. The van der Waals surface area contributed by atoms with E-state index in [-0.39, 0.29) is 5.60 Å². The molecule has 3 fully saturated rings. The van der Waals surface area contributed by atoms with E-state index in [1.807, 2.05) is 0 Å². The average Bonchev–Trinajstić information content (AvgIpc) is 2.54. The second-order valence-corrected chi connectivity index (χ2v) is 7.55. The molecule has 2 unspecified atom stereocenters. The molecule has 98 valence electrons. The Morgan fingerprint density at radius 1 is 1.06 bits per heavy atom. The molecule has 2 saturated carbocycles. The van der Waals surface area contributed by atoms with Crippen LogP contribution in [0.25, 0.3) is 0 Å². The molecule has 17 heavy (non-hydrogen) atoms. The van der Waals surface area contributed by atoms with Crippen LogP contribution in [0.3, 0.4) is 0 Å². The van der Waals surface area contributed by atoms with Gasteiger partial charge in [-0.05, 0) is 62.7 Å². The van der Waals surface area contributed by atoms with Crippen LogP contribution in [0, 0.1) is 23.2 Å². The van der Waals surface area contributed by atoms with Crippen molar-refractivity contribution >= 4 is 0 Å². The normalized spacial score (nSPS) is 58.6. The maximum absolute atomic E-state index is 6.30. The van der Waals surface area contributed by atoms with Gasteiger partial charge in [-0.1, -0.05) is 26.7 Å². The molecule has 0 radical (unpaired) electrons. The second-order valence-electron chi connectivity index (χ2n) is 7.55. The first-order chi connectivity index (χ1) is 7.96. The third-order valence-electron chi connectivity index (χ3n) is 6.43. The van der Waals surface area contributed by atoms with E-state index < -0.39 is 0 Å². The molecule has 0 N–H and O–H groups in total. The minimum atomic E-state index is 0.196. The molecule has 0 spiro atoms. The Kier molecular flexibility index (Phi) is 2.63. The molecule has 1 aliphatic heterocycles. The molecule has 6 atom stereocenters. The zero-order valence-electron chi connectivity index (χ0n) is 12.0. The van der Waals surface area contributed by atoms with Crippen LogP contribution in [-0.2, 0) is 4.74 Å². The van der Waals surface area contributed by atoms with Gasteiger partial charge < -0.3 is 4.74 Å². The molecule has 0 aromatic rings. The first-order valence-corrected chi connectivity index (χ1v) is 7.63. The summed E-state index contributed by atoms with van der Waals surface area (Å²) in [6.07, 6.45) is 8.83. The van der Waals surface area contributed by atoms with Crippen molar-refractivity contribution in [1.29, 1.82) is 0 Å². The number of rotatable bonds is 0. The summed E-state index contributed by atoms with van der Waals surface area (Å²) >= 11 is 0. The Morgan fingerprint density at radius 3 is 2.59 bits per heavy atom. The molecule has 0 amide bonds. The Balaban J connectivity index is 1.94. The van der Waals surface area contributed by atoms with Crippen molar-refractivity contribution in [2.75, 3.05) is 0 Å². The SMILES string of the molecule is CC1C[C@@H]2[C@@]3(C)CCCC(C)[C@@H]3CC[C@@]2(C)O1. The molecule has 2 aliphatic carbocycles. The van der Waals surface area contributed by atoms with E-state index in [1.165, 1.54) is 38.5 Å². The van der Waals surface area contributed by atoms with E-state index in [0.29, 0.717) is 11.5 Å². The summed E-state index contributed by atoms with van der Waals surface area (Å²) in [7, 11) is 0. The number of ether oxygens (including phenoxy) is 1. The van der Waals surface area contributed by atoms with Gasteiger partial charge in [0.2, 0.25) is 0 Å². The molecule has 0 aromatic heterocycles. The summed E-state index contributed by atoms with van der Waals surface area (Å²) in [5, 5.41) is 0. The fourth-order valence-electron chi connectivity index (χ4n) is 5.70. The average molecular weight is 236 g/mol. The maximum atomic E-state index is 6.30. The van der Waals surface area contributed by atoms with Gasteiger partial charge in [0.25, 0.3) is 0 Å². The van der Waals surface area contributed by atoms with Crippen molar-refractivity contribution in [2.24, 2.45) is 23.2 Å². The molecule has 0 bridgehead atoms. The molecule has 3 rings (SSSR count). The zero-order chi connectivity index (χ0) is 12.3. The van der Waals surface area contributed by atoms with Crippen molar-refractivity contribution in [1.82, 2.24) is 0 Å². The largest absolute Gasteiger partial charge is 0.372 e. The van der Waals surface area contributed by atoms with Gasteiger partial charge in [0.05, 0.1) is 11.7 Å². The van der Waals surface area contributed by atoms with Crippen molar-refractivity contribution in [3.05, 3.63) is 0 Å². The first-order valence-electron chi connectivity index (χ1n) is 7.63. The summed E-state index contributed by atoms with van der Waals surface area (Å²) in [5.41, 5.74) is 0.761. The molecule has 1 saturated heterocycles. The zero-order valence-corrected chi connectivity index (χ0v) is 12.0. The predicted molar refractivity (Wildman–Crippen MR) is 70.9 cm³/mol. The fourth-order valence-corrected chi connectivity index (χ4v) is 5.70. The lowest BCUT2D eigenvalue weighted by atomic mass is 9.49. The van der Waals surface area contributed by atoms with Crippen LogP contribution in [-0.4, -0.2) is 11.7 Å². The molecule has 1 nitrogen and oxygen atoms in total. The highest BCUT2D eigenvalue weighted by Crippen LogP contribution is 2.62. The van der Waals surface area contributed by atoms with Crippen LogP contribution in [0.5, 0.6) is 0 Å². The smallest absolute Gasteiger partial charge is 0.0692 e. The van der Waals surface area contributed by atoms with Crippen LogP contribution in [0.15, 0.2) is 0 Å². The monoisotopic (exact) mass is 236 g/mol. The van der Waals surface area contributed by atoms with Crippen LogP contribution >= 0.6 is 0 Å². The van der Waals surface area contributed by atoms with Crippen LogP contribution in [0.2, 0.25) is 0 Å². The van der Waals surface area contributed by atoms with Crippen LogP contribution < -0.4 is 0 Å². The minimum Gasteiger partial charge on any atom is -0.372 e. The topological polar surface area (TPSA) is 9.23 Å². The summed E-state index contributed by atoms with van der Waals surface area (Å²) in [6.45, 7) is 9.73. The Bertz CT molecular complexity index is 313. The highest BCUT2D eigenvalue weighted by Gasteiger charge is 2.59. The quantitative estimate of drug-likeness (QED) is 0.605. The lowest BCUT2D eigenvalue weighted by Crippen LogP contribution is -2.53. The third kappa shape index (κ3) is 1.61. The van der Waals surface area contributed by atoms with Crippen molar-refractivity contribution in [2.45, 2.75) is 77.9 Å². The van der Waals surface area contributed by atoms with Crippen molar-refractivity contribution in [3.63, 3.8) is 0 Å². The minimum absolute atomic E-state index is 0.196. The standard InChI is InChI=1S/C16H28O/c1-11-6-5-8-15(3)13(11)7-9-16(4)14(15)10-12(2)17-16/h11-14H,5-10H2,1-4H3/t11?,12?,13-,14+,15-,16+/m0/s1. The van der Waals surface area contributed by atoms with Gasteiger partial charge in [-0.2, -0.15) is 0 Å². The summed E-state index contributed by atoms with van der Waals surface area (Å²) < 4.78 is 6.30. The number of fused-ring (bicyclic) bond motifs is 3. The second kappa shape index (κ2) is 3.73. The Hall–Kier alpha value is -0.0400. The molecule has 0 aromatic carbocycles. The maximum Gasteiger partial charge on any atom is 0.0692 e. The fraction of sp³-hybridized carbons (Fsp3) is 1.00. The number of hydrogen-bond donors (Lipinski definition) is 0. The van der Waals surface area contributed by atoms with Gasteiger partial charge in [-0.25, -0.2) is 0 Å². The Morgan fingerprint density at radius 2 is 1.82 bits per heavy atom. The van der Waals surface area contributed by atoms with E-state index in [9.17, 15) is 0 Å². The van der Waals surface area contributed by atoms with E-state index >= 15 is 0 Å².